The standard InChI is InChI=1S/C60H41NO/c1-60(2)53-18-10-9-17-47(53)49-36-51-52(37-54(49)60)58(44-29-23-41(24-30-44)39-15-7-4-8-16-39)50-35-46(42-25-31-45(32-26-42)59-61-55-19-11-12-20-56(55)62-59)33-34-48(50)57(51)43-27-21-40(22-28-43)38-13-5-3-6-14-38/h3-37H,1-2H3. The first-order valence-electron chi connectivity index (χ1n) is 21.4. The van der Waals surface area contributed by atoms with E-state index in [0.29, 0.717) is 5.89 Å². The van der Waals surface area contributed by atoms with Gasteiger partial charge in [0.1, 0.15) is 5.52 Å². The van der Waals surface area contributed by atoms with Crippen molar-refractivity contribution in [3.63, 3.8) is 0 Å². The third kappa shape index (κ3) is 5.83. The molecule has 0 bridgehead atoms. The van der Waals surface area contributed by atoms with E-state index < -0.39 is 0 Å². The first kappa shape index (κ1) is 36.1. The summed E-state index contributed by atoms with van der Waals surface area (Å²) in [5.74, 6) is 0.629. The minimum atomic E-state index is -0.153. The molecule has 0 saturated heterocycles. The number of benzene rings is 10. The van der Waals surface area contributed by atoms with Crippen LogP contribution in [0.1, 0.15) is 25.0 Å². The van der Waals surface area contributed by atoms with Crippen LogP contribution >= 0.6 is 0 Å². The Bertz CT molecular complexity index is 3450. The van der Waals surface area contributed by atoms with E-state index in [1.165, 1.54) is 88.3 Å². The van der Waals surface area contributed by atoms with Gasteiger partial charge in [-0.2, -0.15) is 0 Å². The number of para-hydroxylation sites is 2. The largest absolute Gasteiger partial charge is 0.436 e. The van der Waals surface area contributed by atoms with Crippen LogP contribution in [0.5, 0.6) is 0 Å². The number of aromatic nitrogens is 1. The molecule has 0 saturated carbocycles. The highest BCUT2D eigenvalue weighted by molar-refractivity contribution is 6.23. The molecule has 0 amide bonds. The number of rotatable bonds is 6. The molecule has 62 heavy (non-hydrogen) atoms. The summed E-state index contributed by atoms with van der Waals surface area (Å²) in [4.78, 5) is 4.77. The lowest BCUT2D eigenvalue weighted by Crippen LogP contribution is -2.14. The van der Waals surface area contributed by atoms with Crippen molar-refractivity contribution >= 4 is 32.6 Å². The van der Waals surface area contributed by atoms with Gasteiger partial charge in [-0.1, -0.05) is 184 Å². The predicted molar refractivity (Wildman–Crippen MR) is 259 cm³/mol. The monoisotopic (exact) mass is 791 g/mol. The molecule has 0 N–H and O–H groups in total. The zero-order valence-electron chi connectivity index (χ0n) is 34.6. The zero-order chi connectivity index (χ0) is 41.4. The van der Waals surface area contributed by atoms with Crippen molar-refractivity contribution in [3.8, 4) is 78.2 Å². The fourth-order valence-electron chi connectivity index (χ4n) is 9.94. The van der Waals surface area contributed by atoms with Gasteiger partial charge in [0, 0.05) is 11.0 Å². The molecule has 292 valence electrons. The third-order valence-electron chi connectivity index (χ3n) is 13.1. The number of nitrogens with zero attached hydrogens (tertiary/aromatic N) is 1. The van der Waals surface area contributed by atoms with Crippen LogP contribution in [0.3, 0.4) is 0 Å². The molecule has 0 aliphatic heterocycles. The molecule has 0 unspecified atom stereocenters. The summed E-state index contributed by atoms with van der Waals surface area (Å²) in [6.07, 6.45) is 0. The highest BCUT2D eigenvalue weighted by Gasteiger charge is 2.36. The normalized spacial score (nSPS) is 12.8. The number of hydrogen-bond acceptors (Lipinski definition) is 2. The van der Waals surface area contributed by atoms with Crippen LogP contribution in [0.25, 0.3) is 111 Å². The van der Waals surface area contributed by atoms with E-state index in [1.807, 2.05) is 24.3 Å². The van der Waals surface area contributed by atoms with Crippen LogP contribution in [0, 0.1) is 0 Å². The molecule has 1 aliphatic carbocycles. The molecule has 12 rings (SSSR count). The summed E-state index contributed by atoms with van der Waals surface area (Å²) < 4.78 is 6.14. The Morgan fingerprint density at radius 2 is 0.806 bits per heavy atom. The molecule has 2 nitrogen and oxygen atoms in total. The zero-order valence-corrected chi connectivity index (χ0v) is 34.6. The van der Waals surface area contributed by atoms with Crippen molar-refractivity contribution in [1.82, 2.24) is 4.98 Å². The Kier molecular flexibility index (Phi) is 8.23. The van der Waals surface area contributed by atoms with Gasteiger partial charge in [-0.15, -0.1) is 0 Å². The smallest absolute Gasteiger partial charge is 0.227 e. The maximum absolute atomic E-state index is 6.14. The molecule has 2 heteroatoms. The van der Waals surface area contributed by atoms with Crippen molar-refractivity contribution in [1.29, 1.82) is 0 Å². The SMILES string of the molecule is CC1(C)c2ccccc2-c2cc3c(-c4ccc(-c5ccccc5)cc4)c4ccc(-c5ccc(-c6nc7ccccc7o6)cc5)cc4c(-c4ccc(-c5ccccc5)cc4)c3cc21. The minimum Gasteiger partial charge on any atom is -0.436 e. The van der Waals surface area contributed by atoms with Crippen molar-refractivity contribution < 1.29 is 4.42 Å². The summed E-state index contributed by atoms with van der Waals surface area (Å²) in [5, 5.41) is 4.97. The third-order valence-corrected chi connectivity index (χ3v) is 13.1. The fourth-order valence-corrected chi connectivity index (χ4v) is 9.94. The topological polar surface area (TPSA) is 26.0 Å². The summed E-state index contributed by atoms with van der Waals surface area (Å²) in [7, 11) is 0. The van der Waals surface area contributed by atoms with E-state index in [0.717, 1.165) is 27.8 Å². The number of fused-ring (bicyclic) bond motifs is 6. The van der Waals surface area contributed by atoms with Gasteiger partial charge in [-0.25, -0.2) is 4.98 Å². The Balaban J connectivity index is 1.11. The summed E-state index contributed by atoms with van der Waals surface area (Å²) in [5.41, 5.74) is 19.9. The van der Waals surface area contributed by atoms with Crippen molar-refractivity contribution in [3.05, 3.63) is 223 Å². The average molecular weight is 792 g/mol. The Morgan fingerprint density at radius 1 is 0.339 bits per heavy atom. The molecule has 11 aromatic rings. The second kappa shape index (κ2) is 14.1. The van der Waals surface area contributed by atoms with E-state index in [1.54, 1.807) is 0 Å². The Hall–Kier alpha value is -7.81. The van der Waals surface area contributed by atoms with E-state index in [2.05, 4.69) is 202 Å². The highest BCUT2D eigenvalue weighted by atomic mass is 16.3. The lowest BCUT2D eigenvalue weighted by atomic mass is 9.79. The lowest BCUT2D eigenvalue weighted by molar-refractivity contribution is 0.620. The maximum atomic E-state index is 6.14. The summed E-state index contributed by atoms with van der Waals surface area (Å²) >= 11 is 0. The second-order valence-electron chi connectivity index (χ2n) is 17.1. The predicted octanol–water partition coefficient (Wildman–Crippen LogP) is 16.4. The molecule has 0 radical (unpaired) electrons. The summed E-state index contributed by atoms with van der Waals surface area (Å²) in [6.45, 7) is 4.76. The number of oxazole rings is 1. The minimum absolute atomic E-state index is 0.153. The van der Waals surface area contributed by atoms with Gasteiger partial charge >= 0.3 is 0 Å². The van der Waals surface area contributed by atoms with Crippen molar-refractivity contribution in [2.45, 2.75) is 19.3 Å². The first-order chi connectivity index (χ1) is 30.5. The van der Waals surface area contributed by atoms with Gasteiger partial charge in [0.05, 0.1) is 0 Å². The van der Waals surface area contributed by atoms with Gasteiger partial charge in [0.2, 0.25) is 5.89 Å². The van der Waals surface area contributed by atoms with Crippen molar-refractivity contribution in [2.75, 3.05) is 0 Å². The quantitative estimate of drug-likeness (QED) is 0.157. The van der Waals surface area contributed by atoms with Crippen LogP contribution in [-0.2, 0) is 5.41 Å². The van der Waals surface area contributed by atoms with E-state index in [9.17, 15) is 0 Å². The fraction of sp³-hybridized carbons (Fsp3) is 0.0500. The van der Waals surface area contributed by atoms with E-state index in [4.69, 9.17) is 9.40 Å². The van der Waals surface area contributed by atoms with Gasteiger partial charge in [0.25, 0.3) is 0 Å². The molecule has 10 aromatic carbocycles. The molecular formula is C60H41NO. The van der Waals surface area contributed by atoms with Gasteiger partial charge < -0.3 is 4.42 Å². The maximum Gasteiger partial charge on any atom is 0.227 e. The van der Waals surface area contributed by atoms with Crippen LogP contribution < -0.4 is 0 Å². The van der Waals surface area contributed by atoms with Gasteiger partial charge in [0.15, 0.2) is 5.58 Å². The first-order valence-corrected chi connectivity index (χ1v) is 21.4. The molecule has 0 spiro atoms. The highest BCUT2D eigenvalue weighted by Crippen LogP contribution is 2.53. The van der Waals surface area contributed by atoms with E-state index >= 15 is 0 Å². The van der Waals surface area contributed by atoms with Crippen LogP contribution in [0.15, 0.2) is 217 Å². The molecule has 1 heterocycles. The second-order valence-corrected chi connectivity index (χ2v) is 17.1. The van der Waals surface area contributed by atoms with Crippen LogP contribution in [0.2, 0.25) is 0 Å². The Labute approximate surface area is 361 Å². The van der Waals surface area contributed by atoms with Crippen LogP contribution in [0.4, 0.5) is 0 Å². The molecule has 0 atom stereocenters. The summed E-state index contributed by atoms with van der Waals surface area (Å²) in [6, 6.07) is 77.3. The van der Waals surface area contributed by atoms with Crippen molar-refractivity contribution in [2.24, 2.45) is 0 Å². The molecule has 1 aliphatic rings. The molecule has 1 aromatic heterocycles. The Morgan fingerprint density at radius 3 is 1.45 bits per heavy atom. The number of hydrogen-bond donors (Lipinski definition) is 0. The van der Waals surface area contributed by atoms with Gasteiger partial charge in [-0.3, -0.25) is 0 Å². The van der Waals surface area contributed by atoms with Gasteiger partial charge in [-0.05, 0) is 142 Å². The molecular weight excluding hydrogens is 751 g/mol. The van der Waals surface area contributed by atoms with Crippen LogP contribution in [-0.4, -0.2) is 4.98 Å². The average Bonchev–Trinajstić information content (AvgIpc) is 3.87. The van der Waals surface area contributed by atoms with E-state index in [-0.39, 0.29) is 5.41 Å². The lowest BCUT2D eigenvalue weighted by Gasteiger charge is -2.24. The molecule has 0 fully saturated rings.